The van der Waals surface area contributed by atoms with Gasteiger partial charge in [0.1, 0.15) is 5.75 Å². The molecule has 6 heteroatoms. The Labute approximate surface area is 124 Å². The van der Waals surface area contributed by atoms with Gasteiger partial charge in [-0.1, -0.05) is 12.1 Å². The highest BCUT2D eigenvalue weighted by atomic mass is 32.2. The molecule has 1 aromatic carbocycles. The van der Waals surface area contributed by atoms with Crippen LogP contribution in [0.15, 0.2) is 30.5 Å². The Balaban J connectivity index is 2.01. The van der Waals surface area contributed by atoms with Gasteiger partial charge in [0.25, 0.3) is 0 Å². The molecule has 0 saturated heterocycles. The van der Waals surface area contributed by atoms with Gasteiger partial charge in [0.05, 0.1) is 13.4 Å². The van der Waals surface area contributed by atoms with Crippen LogP contribution in [0.1, 0.15) is 12.0 Å². The Morgan fingerprint density at radius 1 is 1.33 bits per heavy atom. The summed E-state index contributed by atoms with van der Waals surface area (Å²) in [6.45, 7) is 0.947. The van der Waals surface area contributed by atoms with Gasteiger partial charge in [-0.2, -0.15) is 4.31 Å². The Hall–Kier alpha value is -1.79. The van der Waals surface area contributed by atoms with Gasteiger partial charge in [-0.15, -0.1) is 0 Å². The zero-order chi connectivity index (χ0) is 15.0. The lowest BCUT2D eigenvalue weighted by atomic mass is 9.99. The molecule has 3 rings (SSSR count). The van der Waals surface area contributed by atoms with Crippen molar-refractivity contribution in [2.24, 2.45) is 0 Å². The van der Waals surface area contributed by atoms with E-state index in [1.807, 2.05) is 30.5 Å². The molecule has 0 saturated carbocycles. The van der Waals surface area contributed by atoms with Gasteiger partial charge < -0.3 is 9.72 Å². The van der Waals surface area contributed by atoms with E-state index in [9.17, 15) is 8.42 Å². The van der Waals surface area contributed by atoms with Crippen LogP contribution in [0.3, 0.4) is 0 Å². The number of ether oxygens (including phenoxy) is 1. The minimum Gasteiger partial charge on any atom is -0.496 e. The van der Waals surface area contributed by atoms with E-state index < -0.39 is 10.0 Å². The second-order valence-corrected chi connectivity index (χ2v) is 7.17. The van der Waals surface area contributed by atoms with Crippen LogP contribution in [0, 0.1) is 0 Å². The van der Waals surface area contributed by atoms with Crippen molar-refractivity contribution >= 4 is 26.5 Å². The fourth-order valence-corrected chi connectivity index (χ4v) is 3.54. The molecule has 21 heavy (non-hydrogen) atoms. The summed E-state index contributed by atoms with van der Waals surface area (Å²) in [6, 6.07) is 5.89. The number of rotatable bonds is 3. The molecule has 1 aliphatic heterocycles. The molecule has 2 aromatic rings. The molecule has 0 unspecified atom stereocenters. The van der Waals surface area contributed by atoms with Crippen molar-refractivity contribution in [3.05, 3.63) is 36.0 Å². The SMILES string of the molecule is COc1cccc2[nH]cc(C3=CCN(S(C)(=O)=O)CC3)c12. The molecule has 0 amide bonds. The number of sulfonamides is 1. The summed E-state index contributed by atoms with van der Waals surface area (Å²) < 4.78 is 30.1. The molecule has 0 aliphatic carbocycles. The van der Waals surface area contributed by atoms with Crippen molar-refractivity contribution in [1.29, 1.82) is 0 Å². The molecule has 1 N–H and O–H groups in total. The minimum absolute atomic E-state index is 0.427. The molecule has 5 nitrogen and oxygen atoms in total. The maximum atomic E-state index is 11.6. The number of hydrogen-bond donors (Lipinski definition) is 1. The number of nitrogens with zero attached hydrogens (tertiary/aromatic N) is 1. The van der Waals surface area contributed by atoms with Gasteiger partial charge in [0, 0.05) is 35.8 Å². The number of fused-ring (bicyclic) bond motifs is 1. The minimum atomic E-state index is -3.12. The third kappa shape index (κ3) is 2.56. The molecule has 1 aromatic heterocycles. The highest BCUT2D eigenvalue weighted by Gasteiger charge is 2.22. The number of hydrogen-bond acceptors (Lipinski definition) is 3. The van der Waals surface area contributed by atoms with E-state index in [0.717, 1.165) is 27.8 Å². The summed E-state index contributed by atoms with van der Waals surface area (Å²) in [5, 5.41) is 1.05. The van der Waals surface area contributed by atoms with Gasteiger partial charge in [-0.3, -0.25) is 0 Å². The lowest BCUT2D eigenvalue weighted by molar-refractivity contribution is 0.419. The zero-order valence-corrected chi connectivity index (χ0v) is 12.9. The predicted octanol–water partition coefficient (Wildman–Crippen LogP) is 2.23. The maximum absolute atomic E-state index is 11.6. The van der Waals surface area contributed by atoms with Crippen LogP contribution < -0.4 is 4.74 Å². The highest BCUT2D eigenvalue weighted by molar-refractivity contribution is 7.88. The van der Waals surface area contributed by atoms with Gasteiger partial charge in [-0.25, -0.2) is 8.42 Å². The quantitative estimate of drug-likeness (QED) is 0.946. The van der Waals surface area contributed by atoms with E-state index >= 15 is 0 Å². The topological polar surface area (TPSA) is 62.4 Å². The summed E-state index contributed by atoms with van der Waals surface area (Å²) in [7, 11) is -1.46. The molecular formula is C15H18N2O3S. The van der Waals surface area contributed by atoms with Gasteiger partial charge >= 0.3 is 0 Å². The first kappa shape index (κ1) is 14.2. The van der Waals surface area contributed by atoms with Gasteiger partial charge in [0.15, 0.2) is 0 Å². The lowest BCUT2D eigenvalue weighted by Crippen LogP contribution is -2.33. The van der Waals surface area contributed by atoms with Crippen molar-refractivity contribution in [3.63, 3.8) is 0 Å². The van der Waals surface area contributed by atoms with Crippen molar-refractivity contribution in [2.45, 2.75) is 6.42 Å². The monoisotopic (exact) mass is 306 g/mol. The third-order valence-corrected chi connectivity index (χ3v) is 5.14. The van der Waals surface area contributed by atoms with Crippen LogP contribution in [0.2, 0.25) is 0 Å². The number of methoxy groups -OCH3 is 1. The van der Waals surface area contributed by atoms with Crippen LogP contribution >= 0.6 is 0 Å². The number of H-pyrrole nitrogens is 1. The first-order valence-electron chi connectivity index (χ1n) is 6.79. The van der Waals surface area contributed by atoms with E-state index in [1.54, 1.807) is 7.11 Å². The van der Waals surface area contributed by atoms with Crippen molar-refractivity contribution < 1.29 is 13.2 Å². The Morgan fingerprint density at radius 2 is 2.14 bits per heavy atom. The van der Waals surface area contributed by atoms with E-state index in [1.165, 1.54) is 10.6 Å². The number of aromatic nitrogens is 1. The van der Waals surface area contributed by atoms with Crippen LogP contribution in [-0.2, 0) is 10.0 Å². The van der Waals surface area contributed by atoms with Crippen LogP contribution in [0.5, 0.6) is 5.75 Å². The second kappa shape index (κ2) is 5.20. The van der Waals surface area contributed by atoms with Crippen molar-refractivity contribution in [3.8, 4) is 5.75 Å². The second-order valence-electron chi connectivity index (χ2n) is 5.19. The molecule has 1 aliphatic rings. The van der Waals surface area contributed by atoms with Gasteiger partial charge in [-0.05, 0) is 24.1 Å². The van der Waals surface area contributed by atoms with Crippen LogP contribution in [0.4, 0.5) is 0 Å². The Bertz CT molecular complexity index is 805. The summed E-state index contributed by atoms with van der Waals surface area (Å²) in [5.41, 5.74) is 3.28. The summed E-state index contributed by atoms with van der Waals surface area (Å²) >= 11 is 0. The first-order chi connectivity index (χ1) is 10.0. The van der Waals surface area contributed by atoms with E-state index in [2.05, 4.69) is 4.98 Å². The Kier molecular flexibility index (Phi) is 3.51. The molecule has 112 valence electrons. The van der Waals surface area contributed by atoms with E-state index in [-0.39, 0.29) is 0 Å². The molecule has 0 bridgehead atoms. The van der Waals surface area contributed by atoms with Crippen molar-refractivity contribution in [1.82, 2.24) is 9.29 Å². The number of benzene rings is 1. The molecular weight excluding hydrogens is 288 g/mol. The van der Waals surface area contributed by atoms with Crippen molar-refractivity contribution in [2.75, 3.05) is 26.5 Å². The molecule has 0 spiro atoms. The van der Waals surface area contributed by atoms with E-state index in [0.29, 0.717) is 19.5 Å². The predicted molar refractivity (Wildman–Crippen MR) is 83.9 cm³/mol. The Morgan fingerprint density at radius 3 is 2.76 bits per heavy atom. The smallest absolute Gasteiger partial charge is 0.211 e. The standard InChI is InChI=1S/C15H18N2O3S/c1-20-14-5-3-4-13-15(14)12(10-16-13)11-6-8-17(9-7-11)21(2,18)19/h3-6,10,16H,7-9H2,1-2H3. The maximum Gasteiger partial charge on any atom is 0.211 e. The molecule has 0 radical (unpaired) electrons. The average molecular weight is 306 g/mol. The number of aromatic amines is 1. The first-order valence-corrected chi connectivity index (χ1v) is 8.64. The summed E-state index contributed by atoms with van der Waals surface area (Å²) in [6.07, 6.45) is 5.91. The summed E-state index contributed by atoms with van der Waals surface area (Å²) in [5.74, 6) is 0.829. The zero-order valence-electron chi connectivity index (χ0n) is 12.1. The molecule has 0 atom stereocenters. The fraction of sp³-hybridized carbons (Fsp3) is 0.333. The van der Waals surface area contributed by atoms with Crippen LogP contribution in [0.25, 0.3) is 16.5 Å². The van der Waals surface area contributed by atoms with E-state index in [4.69, 9.17) is 4.74 Å². The molecule has 0 fully saturated rings. The third-order valence-electron chi connectivity index (χ3n) is 3.87. The average Bonchev–Trinajstić information content (AvgIpc) is 2.90. The number of nitrogens with one attached hydrogen (secondary N) is 1. The largest absolute Gasteiger partial charge is 0.496 e. The normalized spacial score (nSPS) is 17.0. The van der Waals surface area contributed by atoms with Crippen LogP contribution in [-0.4, -0.2) is 44.2 Å². The van der Waals surface area contributed by atoms with Gasteiger partial charge in [0.2, 0.25) is 10.0 Å². The lowest BCUT2D eigenvalue weighted by Gasteiger charge is -2.24. The highest BCUT2D eigenvalue weighted by Crippen LogP contribution is 2.35. The fourth-order valence-electron chi connectivity index (χ4n) is 2.77. The summed E-state index contributed by atoms with van der Waals surface area (Å²) in [4.78, 5) is 3.25. The molecule has 2 heterocycles.